The van der Waals surface area contributed by atoms with Crippen LogP contribution in [0.5, 0.6) is 0 Å². The summed E-state index contributed by atoms with van der Waals surface area (Å²) in [5.41, 5.74) is 1.22. The maximum Gasteiger partial charge on any atom is 0.191 e. The van der Waals surface area contributed by atoms with Crippen LogP contribution in [0.25, 0.3) is 0 Å². The smallest absolute Gasteiger partial charge is 0.191 e. The number of thiophene rings is 1. The normalized spacial score (nSPS) is 10.9. The van der Waals surface area contributed by atoms with Crippen LogP contribution in [0.15, 0.2) is 47.5 Å². The third kappa shape index (κ3) is 6.48. The molecule has 2 N–H and O–H groups in total. The standard InChI is InChI=1S/C16H21N3S.HI/c1-3-17-16(18-11-14-7-5-4-6-8-14)19-12-15-10-9-13(2)20-15;/h4-10H,3,11-12H2,1-2H3,(H2,17,18,19);1H. The van der Waals surface area contributed by atoms with E-state index in [9.17, 15) is 0 Å². The molecule has 1 aromatic heterocycles. The Hall–Kier alpha value is -1.08. The molecule has 0 atom stereocenters. The number of hydrogen-bond acceptors (Lipinski definition) is 2. The van der Waals surface area contributed by atoms with Crippen LogP contribution in [0.2, 0.25) is 0 Å². The van der Waals surface area contributed by atoms with Crippen molar-refractivity contribution in [2.45, 2.75) is 26.9 Å². The number of aryl methyl sites for hydroxylation is 1. The van der Waals surface area contributed by atoms with E-state index in [0.29, 0.717) is 6.54 Å². The molecule has 1 heterocycles. The molecule has 0 amide bonds. The number of nitrogens with zero attached hydrogens (tertiary/aromatic N) is 1. The van der Waals surface area contributed by atoms with Crippen LogP contribution in [0.4, 0.5) is 0 Å². The average molecular weight is 415 g/mol. The molecule has 0 aliphatic rings. The van der Waals surface area contributed by atoms with Gasteiger partial charge in [-0.25, -0.2) is 4.99 Å². The maximum absolute atomic E-state index is 4.60. The lowest BCUT2D eigenvalue weighted by atomic mass is 10.2. The minimum Gasteiger partial charge on any atom is -0.357 e. The Kier molecular flexibility index (Phi) is 8.37. The highest BCUT2D eigenvalue weighted by atomic mass is 127. The van der Waals surface area contributed by atoms with Crippen molar-refractivity contribution >= 4 is 41.3 Å². The van der Waals surface area contributed by atoms with E-state index >= 15 is 0 Å². The molecule has 5 heteroatoms. The molecule has 1 aromatic carbocycles. The second kappa shape index (κ2) is 9.78. The average Bonchev–Trinajstić information content (AvgIpc) is 2.89. The van der Waals surface area contributed by atoms with Crippen molar-refractivity contribution < 1.29 is 0 Å². The molecular weight excluding hydrogens is 393 g/mol. The minimum absolute atomic E-state index is 0. The minimum atomic E-state index is 0. The first-order valence-electron chi connectivity index (χ1n) is 6.89. The molecule has 0 spiro atoms. The van der Waals surface area contributed by atoms with Gasteiger partial charge in [0.15, 0.2) is 5.96 Å². The van der Waals surface area contributed by atoms with Crippen molar-refractivity contribution in [1.82, 2.24) is 10.6 Å². The van der Waals surface area contributed by atoms with E-state index in [1.54, 1.807) is 0 Å². The fraction of sp³-hybridized carbons (Fsp3) is 0.312. The van der Waals surface area contributed by atoms with Crippen molar-refractivity contribution in [3.05, 3.63) is 57.8 Å². The van der Waals surface area contributed by atoms with E-state index in [1.165, 1.54) is 15.3 Å². The number of benzene rings is 1. The van der Waals surface area contributed by atoms with Gasteiger partial charge in [0.05, 0.1) is 13.1 Å². The van der Waals surface area contributed by atoms with Crippen LogP contribution < -0.4 is 10.6 Å². The van der Waals surface area contributed by atoms with Gasteiger partial charge in [-0.05, 0) is 31.5 Å². The summed E-state index contributed by atoms with van der Waals surface area (Å²) in [5, 5.41) is 6.64. The van der Waals surface area contributed by atoms with E-state index in [2.05, 4.69) is 53.7 Å². The number of rotatable bonds is 5. The summed E-state index contributed by atoms with van der Waals surface area (Å²) < 4.78 is 0. The first-order chi connectivity index (χ1) is 9.78. The third-order valence-electron chi connectivity index (χ3n) is 2.83. The predicted molar refractivity (Wildman–Crippen MR) is 103 cm³/mol. The fourth-order valence-electron chi connectivity index (χ4n) is 1.85. The number of guanidine groups is 1. The lowest BCUT2D eigenvalue weighted by Gasteiger charge is -2.10. The third-order valence-corrected chi connectivity index (χ3v) is 3.83. The van der Waals surface area contributed by atoms with Crippen LogP contribution in [0.1, 0.15) is 22.2 Å². The van der Waals surface area contributed by atoms with Crippen molar-refractivity contribution in [2.75, 3.05) is 6.54 Å². The molecular formula is C16H22IN3S. The Labute approximate surface area is 147 Å². The SMILES string of the molecule is CCNC(=NCc1ccccc1)NCc1ccc(C)s1.I. The van der Waals surface area contributed by atoms with E-state index in [-0.39, 0.29) is 24.0 Å². The predicted octanol–water partition coefficient (Wildman–Crippen LogP) is 3.93. The Morgan fingerprint density at radius 1 is 1.10 bits per heavy atom. The van der Waals surface area contributed by atoms with Crippen LogP contribution in [0.3, 0.4) is 0 Å². The maximum atomic E-state index is 4.60. The molecule has 0 unspecified atom stereocenters. The van der Waals surface area contributed by atoms with Gasteiger partial charge in [-0.3, -0.25) is 0 Å². The quantitative estimate of drug-likeness (QED) is 0.441. The lowest BCUT2D eigenvalue weighted by molar-refractivity contribution is 0.823. The van der Waals surface area contributed by atoms with Gasteiger partial charge in [-0.2, -0.15) is 0 Å². The molecule has 114 valence electrons. The Morgan fingerprint density at radius 3 is 2.48 bits per heavy atom. The molecule has 0 aliphatic carbocycles. The fourth-order valence-corrected chi connectivity index (χ4v) is 2.68. The van der Waals surface area contributed by atoms with Gasteiger partial charge in [0, 0.05) is 16.3 Å². The number of hydrogen-bond donors (Lipinski definition) is 2. The van der Waals surface area contributed by atoms with Crippen molar-refractivity contribution in [2.24, 2.45) is 4.99 Å². The molecule has 0 saturated heterocycles. The first kappa shape index (κ1) is 18.0. The van der Waals surface area contributed by atoms with Gasteiger partial charge >= 0.3 is 0 Å². The molecule has 2 rings (SSSR count). The number of aliphatic imine (C=N–C) groups is 1. The highest BCUT2D eigenvalue weighted by molar-refractivity contribution is 14.0. The van der Waals surface area contributed by atoms with Crippen LogP contribution in [-0.2, 0) is 13.1 Å². The van der Waals surface area contributed by atoms with E-state index in [1.807, 2.05) is 29.5 Å². The molecule has 21 heavy (non-hydrogen) atoms. The Morgan fingerprint density at radius 2 is 1.86 bits per heavy atom. The summed E-state index contributed by atoms with van der Waals surface area (Å²) >= 11 is 1.82. The second-order valence-corrected chi connectivity index (χ2v) is 5.92. The summed E-state index contributed by atoms with van der Waals surface area (Å²) in [6, 6.07) is 14.6. The highest BCUT2D eigenvalue weighted by Gasteiger charge is 2.00. The van der Waals surface area contributed by atoms with Gasteiger partial charge in [0.25, 0.3) is 0 Å². The first-order valence-corrected chi connectivity index (χ1v) is 7.71. The summed E-state index contributed by atoms with van der Waals surface area (Å²) in [4.78, 5) is 7.27. The summed E-state index contributed by atoms with van der Waals surface area (Å²) in [6.07, 6.45) is 0. The van der Waals surface area contributed by atoms with E-state index in [4.69, 9.17) is 0 Å². The molecule has 0 aliphatic heterocycles. The molecule has 0 bridgehead atoms. The second-order valence-electron chi connectivity index (χ2n) is 4.55. The lowest BCUT2D eigenvalue weighted by Crippen LogP contribution is -2.36. The monoisotopic (exact) mass is 415 g/mol. The summed E-state index contributed by atoms with van der Waals surface area (Å²) in [6.45, 7) is 6.58. The molecule has 3 nitrogen and oxygen atoms in total. The molecule has 0 radical (unpaired) electrons. The topological polar surface area (TPSA) is 36.4 Å². The number of halogens is 1. The zero-order chi connectivity index (χ0) is 14.2. The van der Waals surface area contributed by atoms with Crippen LogP contribution >= 0.6 is 35.3 Å². The van der Waals surface area contributed by atoms with Gasteiger partial charge in [0.2, 0.25) is 0 Å². The summed E-state index contributed by atoms with van der Waals surface area (Å²) in [7, 11) is 0. The van der Waals surface area contributed by atoms with E-state index < -0.39 is 0 Å². The molecule has 0 fully saturated rings. The highest BCUT2D eigenvalue weighted by Crippen LogP contribution is 2.14. The molecule has 0 saturated carbocycles. The zero-order valence-electron chi connectivity index (χ0n) is 12.4. The van der Waals surface area contributed by atoms with Gasteiger partial charge in [0.1, 0.15) is 0 Å². The molecule has 2 aromatic rings. The van der Waals surface area contributed by atoms with Crippen LogP contribution in [0, 0.1) is 6.92 Å². The number of nitrogens with one attached hydrogen (secondary N) is 2. The van der Waals surface area contributed by atoms with Gasteiger partial charge < -0.3 is 10.6 Å². The van der Waals surface area contributed by atoms with E-state index in [0.717, 1.165) is 19.0 Å². The Bertz CT molecular complexity index is 552. The van der Waals surface area contributed by atoms with Crippen molar-refractivity contribution in [3.63, 3.8) is 0 Å². The van der Waals surface area contributed by atoms with Gasteiger partial charge in [-0.1, -0.05) is 30.3 Å². The van der Waals surface area contributed by atoms with Crippen LogP contribution in [-0.4, -0.2) is 12.5 Å². The van der Waals surface area contributed by atoms with Crippen molar-refractivity contribution in [1.29, 1.82) is 0 Å². The van der Waals surface area contributed by atoms with Gasteiger partial charge in [-0.15, -0.1) is 35.3 Å². The zero-order valence-corrected chi connectivity index (χ0v) is 15.6. The Balaban J connectivity index is 0.00000220. The summed E-state index contributed by atoms with van der Waals surface area (Å²) in [5.74, 6) is 0.863. The largest absolute Gasteiger partial charge is 0.357 e. The van der Waals surface area contributed by atoms with Crippen molar-refractivity contribution in [3.8, 4) is 0 Å².